The Balaban J connectivity index is 1.72. The second-order valence-corrected chi connectivity index (χ2v) is 7.13. The summed E-state index contributed by atoms with van der Waals surface area (Å²) in [6, 6.07) is 4.72. The molecule has 0 aliphatic heterocycles. The van der Waals surface area contributed by atoms with Gasteiger partial charge in [0.25, 0.3) is 5.56 Å². The molecule has 3 aromatic rings. The summed E-state index contributed by atoms with van der Waals surface area (Å²) >= 11 is 1.39. The largest absolute Gasteiger partial charge is 0.297 e. The van der Waals surface area contributed by atoms with E-state index >= 15 is 0 Å². The smallest absolute Gasteiger partial charge is 0.262 e. The zero-order valence-corrected chi connectivity index (χ0v) is 13.0. The fourth-order valence-electron chi connectivity index (χ4n) is 1.94. The van der Waals surface area contributed by atoms with Crippen LogP contribution in [0.25, 0.3) is 10.2 Å². The molecular formula is C13H12N4O3S2. The van der Waals surface area contributed by atoms with E-state index in [0.29, 0.717) is 10.2 Å². The molecule has 0 radical (unpaired) electrons. The van der Waals surface area contributed by atoms with Gasteiger partial charge in [-0.05, 0) is 23.6 Å². The fraction of sp³-hybridized carbons (Fsp3) is 0.154. The first kappa shape index (κ1) is 14.8. The number of hydrogen-bond acceptors (Lipinski definition) is 6. The van der Waals surface area contributed by atoms with Crippen LogP contribution in [0.4, 0.5) is 0 Å². The van der Waals surface area contributed by atoms with Crippen molar-refractivity contribution in [3.05, 3.63) is 52.7 Å². The maximum absolute atomic E-state index is 12.2. The molecule has 0 aliphatic carbocycles. The predicted octanol–water partition coefficient (Wildman–Crippen LogP) is 0.832. The molecule has 7 nitrogen and oxygen atoms in total. The van der Waals surface area contributed by atoms with Crippen molar-refractivity contribution in [2.75, 3.05) is 6.54 Å². The molecule has 3 heterocycles. The molecule has 114 valence electrons. The molecule has 1 N–H and O–H groups in total. The van der Waals surface area contributed by atoms with Gasteiger partial charge in [-0.1, -0.05) is 0 Å². The SMILES string of the molecule is O=c1c2ccsc2ncn1CCNS(=O)(=O)c1cccnc1. The van der Waals surface area contributed by atoms with Gasteiger partial charge in [0.05, 0.1) is 11.7 Å². The molecule has 0 atom stereocenters. The molecule has 0 amide bonds. The van der Waals surface area contributed by atoms with Crippen LogP contribution in [-0.4, -0.2) is 29.5 Å². The van der Waals surface area contributed by atoms with E-state index in [9.17, 15) is 13.2 Å². The van der Waals surface area contributed by atoms with Crippen molar-refractivity contribution in [1.29, 1.82) is 0 Å². The lowest BCUT2D eigenvalue weighted by atomic mass is 10.4. The highest BCUT2D eigenvalue weighted by Gasteiger charge is 2.13. The van der Waals surface area contributed by atoms with Gasteiger partial charge in [-0.15, -0.1) is 11.3 Å². The summed E-state index contributed by atoms with van der Waals surface area (Å²) in [6.07, 6.45) is 4.20. The first-order valence-corrected chi connectivity index (χ1v) is 8.76. The van der Waals surface area contributed by atoms with Crippen LogP contribution in [0, 0.1) is 0 Å². The standard InChI is InChI=1S/C13H12N4O3S2/c18-13-11-3-7-21-12(11)15-9-17(13)6-5-16-22(19,20)10-2-1-4-14-8-10/h1-4,7-9,16H,5-6H2. The van der Waals surface area contributed by atoms with E-state index in [1.807, 2.05) is 0 Å². The lowest BCUT2D eigenvalue weighted by Crippen LogP contribution is -2.31. The summed E-state index contributed by atoms with van der Waals surface area (Å²) in [5.41, 5.74) is -0.174. The number of hydrogen-bond donors (Lipinski definition) is 1. The topological polar surface area (TPSA) is 94.0 Å². The van der Waals surface area contributed by atoms with Crippen molar-refractivity contribution in [2.45, 2.75) is 11.4 Å². The van der Waals surface area contributed by atoms with E-state index in [1.54, 1.807) is 17.5 Å². The average Bonchev–Trinajstić information content (AvgIpc) is 3.00. The zero-order chi connectivity index (χ0) is 15.6. The van der Waals surface area contributed by atoms with E-state index in [0.717, 1.165) is 0 Å². The first-order valence-electron chi connectivity index (χ1n) is 6.40. The van der Waals surface area contributed by atoms with E-state index in [1.165, 1.54) is 40.7 Å². The maximum Gasteiger partial charge on any atom is 0.262 e. The van der Waals surface area contributed by atoms with Crippen LogP contribution in [0.15, 0.2) is 52.0 Å². The summed E-state index contributed by atoms with van der Waals surface area (Å²) in [4.78, 5) is 20.9. The Morgan fingerprint density at radius 1 is 1.32 bits per heavy atom. The Bertz CT molecular complexity index is 948. The van der Waals surface area contributed by atoms with Gasteiger partial charge in [0.15, 0.2) is 0 Å². The van der Waals surface area contributed by atoms with Crippen molar-refractivity contribution < 1.29 is 8.42 Å². The molecule has 0 unspecified atom stereocenters. The van der Waals surface area contributed by atoms with E-state index in [2.05, 4.69) is 14.7 Å². The molecule has 0 aromatic carbocycles. The molecule has 0 fully saturated rings. The van der Waals surface area contributed by atoms with Crippen molar-refractivity contribution in [2.24, 2.45) is 0 Å². The maximum atomic E-state index is 12.2. The zero-order valence-electron chi connectivity index (χ0n) is 11.3. The highest BCUT2D eigenvalue weighted by Crippen LogP contribution is 2.13. The van der Waals surface area contributed by atoms with Gasteiger partial charge in [-0.25, -0.2) is 18.1 Å². The third kappa shape index (κ3) is 2.91. The van der Waals surface area contributed by atoms with Gasteiger partial charge in [-0.3, -0.25) is 14.3 Å². The van der Waals surface area contributed by atoms with Crippen LogP contribution in [0.2, 0.25) is 0 Å². The van der Waals surface area contributed by atoms with E-state index in [-0.39, 0.29) is 23.5 Å². The second-order valence-electron chi connectivity index (χ2n) is 4.47. The Kier molecular flexibility index (Phi) is 4.01. The number of nitrogens with one attached hydrogen (secondary N) is 1. The molecule has 22 heavy (non-hydrogen) atoms. The summed E-state index contributed by atoms with van der Waals surface area (Å²) in [5, 5.41) is 2.34. The highest BCUT2D eigenvalue weighted by atomic mass is 32.2. The monoisotopic (exact) mass is 336 g/mol. The van der Waals surface area contributed by atoms with Gasteiger partial charge >= 0.3 is 0 Å². The lowest BCUT2D eigenvalue weighted by molar-refractivity contribution is 0.569. The Morgan fingerprint density at radius 2 is 2.18 bits per heavy atom. The molecule has 0 bridgehead atoms. The minimum atomic E-state index is -3.62. The number of rotatable bonds is 5. The van der Waals surface area contributed by atoms with Crippen molar-refractivity contribution in [1.82, 2.24) is 19.3 Å². The van der Waals surface area contributed by atoms with Crippen molar-refractivity contribution in [3.8, 4) is 0 Å². The molecule has 9 heteroatoms. The number of thiophene rings is 1. The average molecular weight is 336 g/mol. The minimum Gasteiger partial charge on any atom is -0.297 e. The normalized spacial score (nSPS) is 11.8. The van der Waals surface area contributed by atoms with Crippen LogP contribution >= 0.6 is 11.3 Å². The van der Waals surface area contributed by atoms with Crippen molar-refractivity contribution in [3.63, 3.8) is 0 Å². The Labute approximate surface area is 130 Å². The van der Waals surface area contributed by atoms with Gasteiger partial charge in [-0.2, -0.15) is 0 Å². The lowest BCUT2D eigenvalue weighted by Gasteiger charge is -2.08. The molecule has 0 aliphatic rings. The second kappa shape index (κ2) is 5.95. The molecule has 0 saturated heterocycles. The summed E-state index contributed by atoms with van der Waals surface area (Å²) in [6.45, 7) is 0.297. The summed E-state index contributed by atoms with van der Waals surface area (Å²) in [7, 11) is -3.62. The van der Waals surface area contributed by atoms with Crippen LogP contribution in [0.1, 0.15) is 0 Å². The van der Waals surface area contributed by atoms with E-state index in [4.69, 9.17) is 0 Å². The van der Waals surface area contributed by atoms with Gasteiger partial charge < -0.3 is 0 Å². The third-order valence-corrected chi connectivity index (χ3v) is 5.31. The highest BCUT2D eigenvalue weighted by molar-refractivity contribution is 7.89. The van der Waals surface area contributed by atoms with Crippen LogP contribution < -0.4 is 10.3 Å². The van der Waals surface area contributed by atoms with Crippen molar-refractivity contribution >= 4 is 31.6 Å². The number of nitrogens with zero attached hydrogens (tertiary/aromatic N) is 3. The number of sulfonamides is 1. The minimum absolute atomic E-state index is 0.0914. The molecule has 3 aromatic heterocycles. The molecule has 3 rings (SSSR count). The fourth-order valence-corrected chi connectivity index (χ4v) is 3.65. The molecule has 0 saturated carbocycles. The summed E-state index contributed by atoms with van der Waals surface area (Å²) < 4.78 is 27.9. The van der Waals surface area contributed by atoms with Crippen LogP contribution in [0.3, 0.4) is 0 Å². The van der Waals surface area contributed by atoms with Gasteiger partial charge in [0.1, 0.15) is 9.73 Å². The number of aromatic nitrogens is 3. The van der Waals surface area contributed by atoms with Crippen LogP contribution in [-0.2, 0) is 16.6 Å². The predicted molar refractivity (Wildman–Crippen MR) is 83.3 cm³/mol. The van der Waals surface area contributed by atoms with Crippen LogP contribution in [0.5, 0.6) is 0 Å². The molecular weight excluding hydrogens is 324 g/mol. The van der Waals surface area contributed by atoms with Gasteiger partial charge in [0, 0.05) is 25.5 Å². The van der Waals surface area contributed by atoms with E-state index < -0.39 is 10.0 Å². The Morgan fingerprint density at radius 3 is 2.95 bits per heavy atom. The quantitative estimate of drug-likeness (QED) is 0.745. The molecule has 0 spiro atoms. The Hall–Kier alpha value is -2.10. The van der Waals surface area contributed by atoms with Gasteiger partial charge in [0.2, 0.25) is 10.0 Å². The first-order chi connectivity index (χ1) is 10.6. The third-order valence-electron chi connectivity index (χ3n) is 3.04. The summed E-state index contributed by atoms with van der Waals surface area (Å²) in [5.74, 6) is 0. The number of pyridine rings is 1. The number of fused-ring (bicyclic) bond motifs is 1.